The molecular weight excluding hydrogens is 497 g/mol. The summed E-state index contributed by atoms with van der Waals surface area (Å²) in [6.45, 7) is 1.21. The zero-order valence-electron chi connectivity index (χ0n) is 15.4. The second-order valence-electron chi connectivity index (χ2n) is 5.94. The normalized spacial score (nSPS) is 11.6. The Labute approximate surface area is 183 Å². The number of halogens is 2. The van der Waals surface area contributed by atoms with Gasteiger partial charge >= 0.3 is 0 Å². The van der Waals surface area contributed by atoms with E-state index in [4.69, 9.17) is 11.6 Å². The molecule has 2 aromatic rings. The van der Waals surface area contributed by atoms with Gasteiger partial charge in [0.05, 0.1) is 10.6 Å². The number of rotatable bonds is 7. The van der Waals surface area contributed by atoms with Crippen LogP contribution in [-0.4, -0.2) is 45.7 Å². The summed E-state index contributed by atoms with van der Waals surface area (Å²) in [6, 6.07) is 16.2. The van der Waals surface area contributed by atoms with Crippen LogP contribution >= 0.6 is 35.6 Å². The number of nitrogens with one attached hydrogen (secondary N) is 1. The van der Waals surface area contributed by atoms with Gasteiger partial charge in [-0.15, -0.1) is 24.0 Å². The number of sulfone groups is 1. The van der Waals surface area contributed by atoms with Crippen LogP contribution in [-0.2, 0) is 16.4 Å². The molecule has 0 aliphatic rings. The Hall–Kier alpha value is -1.32. The van der Waals surface area contributed by atoms with Crippen molar-refractivity contribution in [2.24, 2.45) is 4.99 Å². The van der Waals surface area contributed by atoms with Gasteiger partial charge in [0.2, 0.25) is 0 Å². The van der Waals surface area contributed by atoms with E-state index in [-0.39, 0.29) is 29.7 Å². The zero-order valence-corrected chi connectivity index (χ0v) is 19.3. The number of nitrogens with zero attached hydrogens (tertiary/aromatic N) is 2. The van der Waals surface area contributed by atoms with Crippen LogP contribution in [0, 0.1) is 0 Å². The van der Waals surface area contributed by atoms with E-state index in [2.05, 4.69) is 10.3 Å². The van der Waals surface area contributed by atoms with E-state index in [9.17, 15) is 8.42 Å². The minimum atomic E-state index is -3.24. The standard InChI is InChI=1S/C19H24ClN3O2S.HI/c1-21-19(23(2)15-16-9-11-17(20)12-10-16)22-13-6-14-26(24,25)18-7-4-3-5-8-18;/h3-5,7-12H,6,13-15H2,1-2H3,(H,21,22);1H. The molecule has 1 N–H and O–H groups in total. The largest absolute Gasteiger partial charge is 0.356 e. The summed E-state index contributed by atoms with van der Waals surface area (Å²) in [6.07, 6.45) is 0.505. The zero-order chi connectivity index (χ0) is 19.0. The Morgan fingerprint density at radius 1 is 1.11 bits per heavy atom. The van der Waals surface area contributed by atoms with Crippen molar-refractivity contribution in [1.29, 1.82) is 0 Å². The van der Waals surface area contributed by atoms with Gasteiger partial charge in [-0.05, 0) is 36.2 Å². The molecule has 0 unspecified atom stereocenters. The van der Waals surface area contributed by atoms with E-state index in [1.54, 1.807) is 37.4 Å². The van der Waals surface area contributed by atoms with E-state index >= 15 is 0 Å². The minimum absolute atomic E-state index is 0. The Bertz CT molecular complexity index is 828. The van der Waals surface area contributed by atoms with Crippen LogP contribution in [0.5, 0.6) is 0 Å². The van der Waals surface area contributed by atoms with E-state index < -0.39 is 9.84 Å². The molecule has 0 spiro atoms. The molecular formula is C19H25ClIN3O2S. The molecule has 5 nitrogen and oxygen atoms in total. The van der Waals surface area contributed by atoms with Gasteiger partial charge in [-0.2, -0.15) is 0 Å². The van der Waals surface area contributed by atoms with Gasteiger partial charge in [-0.3, -0.25) is 4.99 Å². The van der Waals surface area contributed by atoms with Gasteiger partial charge in [-0.1, -0.05) is 41.9 Å². The highest BCUT2D eigenvalue weighted by Crippen LogP contribution is 2.12. The molecule has 2 rings (SSSR count). The fourth-order valence-electron chi connectivity index (χ4n) is 2.53. The SMILES string of the molecule is CN=C(NCCCS(=O)(=O)c1ccccc1)N(C)Cc1ccc(Cl)cc1.I. The maximum absolute atomic E-state index is 12.3. The van der Waals surface area contributed by atoms with Gasteiger partial charge in [0.15, 0.2) is 15.8 Å². The van der Waals surface area contributed by atoms with Gasteiger partial charge in [0.25, 0.3) is 0 Å². The Balaban J connectivity index is 0.00000364. The lowest BCUT2D eigenvalue weighted by Gasteiger charge is -2.22. The van der Waals surface area contributed by atoms with Crippen LogP contribution in [0.1, 0.15) is 12.0 Å². The summed E-state index contributed by atoms with van der Waals surface area (Å²) in [5, 5.41) is 3.92. The number of aliphatic imine (C=N–C) groups is 1. The molecule has 0 atom stereocenters. The number of hydrogen-bond acceptors (Lipinski definition) is 3. The molecule has 0 fully saturated rings. The summed E-state index contributed by atoms with van der Waals surface area (Å²) in [4.78, 5) is 6.60. The van der Waals surface area contributed by atoms with Crippen LogP contribution in [0.25, 0.3) is 0 Å². The van der Waals surface area contributed by atoms with Crippen molar-refractivity contribution in [3.63, 3.8) is 0 Å². The molecule has 0 saturated carbocycles. The quantitative estimate of drug-likeness (QED) is 0.260. The molecule has 0 heterocycles. The molecule has 0 aliphatic carbocycles. The summed E-state index contributed by atoms with van der Waals surface area (Å²) in [5.41, 5.74) is 1.12. The fraction of sp³-hybridized carbons (Fsp3) is 0.316. The molecule has 0 amide bonds. The molecule has 0 bridgehead atoms. The van der Waals surface area contributed by atoms with Crippen molar-refractivity contribution in [2.45, 2.75) is 17.9 Å². The smallest absolute Gasteiger partial charge is 0.193 e. The summed E-state index contributed by atoms with van der Waals surface area (Å²) >= 11 is 5.90. The van der Waals surface area contributed by atoms with Crippen molar-refractivity contribution in [3.05, 3.63) is 65.2 Å². The topological polar surface area (TPSA) is 61.8 Å². The second-order valence-corrected chi connectivity index (χ2v) is 8.49. The van der Waals surface area contributed by atoms with Gasteiger partial charge in [-0.25, -0.2) is 8.42 Å². The lowest BCUT2D eigenvalue weighted by molar-refractivity contribution is 0.476. The highest BCUT2D eigenvalue weighted by Gasteiger charge is 2.13. The highest BCUT2D eigenvalue weighted by atomic mass is 127. The van der Waals surface area contributed by atoms with E-state index in [1.807, 2.05) is 36.2 Å². The monoisotopic (exact) mass is 521 g/mol. The van der Waals surface area contributed by atoms with Crippen LogP contribution in [0.3, 0.4) is 0 Å². The van der Waals surface area contributed by atoms with Crippen molar-refractivity contribution in [2.75, 3.05) is 26.4 Å². The second kappa shape index (κ2) is 11.5. The minimum Gasteiger partial charge on any atom is -0.356 e. The van der Waals surface area contributed by atoms with Crippen LogP contribution in [0.15, 0.2) is 64.5 Å². The molecule has 0 aliphatic heterocycles. The lowest BCUT2D eigenvalue weighted by atomic mass is 10.2. The first-order valence-electron chi connectivity index (χ1n) is 8.36. The molecule has 148 valence electrons. The molecule has 2 aromatic carbocycles. The predicted octanol–water partition coefficient (Wildman–Crippen LogP) is 3.83. The molecule has 0 aromatic heterocycles. The molecule has 0 radical (unpaired) electrons. The van der Waals surface area contributed by atoms with Crippen molar-refractivity contribution in [1.82, 2.24) is 10.2 Å². The van der Waals surface area contributed by atoms with Crippen molar-refractivity contribution >= 4 is 51.4 Å². The van der Waals surface area contributed by atoms with Crippen molar-refractivity contribution in [3.8, 4) is 0 Å². The van der Waals surface area contributed by atoms with Crippen LogP contribution in [0.2, 0.25) is 5.02 Å². The first-order valence-corrected chi connectivity index (χ1v) is 10.4. The number of guanidine groups is 1. The summed E-state index contributed by atoms with van der Waals surface area (Å²) in [5.74, 6) is 0.819. The summed E-state index contributed by atoms with van der Waals surface area (Å²) < 4.78 is 24.5. The number of benzene rings is 2. The third-order valence-corrected chi connectivity index (χ3v) is 5.95. The van der Waals surface area contributed by atoms with E-state index in [0.717, 1.165) is 11.5 Å². The Morgan fingerprint density at radius 2 is 1.74 bits per heavy atom. The Morgan fingerprint density at radius 3 is 2.33 bits per heavy atom. The maximum Gasteiger partial charge on any atom is 0.193 e. The average molecular weight is 522 g/mol. The van der Waals surface area contributed by atoms with E-state index in [0.29, 0.717) is 29.4 Å². The molecule has 0 saturated heterocycles. The summed E-state index contributed by atoms with van der Waals surface area (Å²) in [7, 11) is 0.401. The number of hydrogen-bond donors (Lipinski definition) is 1. The Kier molecular flexibility index (Phi) is 10.1. The van der Waals surface area contributed by atoms with Gasteiger partial charge in [0.1, 0.15) is 0 Å². The van der Waals surface area contributed by atoms with Gasteiger partial charge < -0.3 is 10.2 Å². The maximum atomic E-state index is 12.3. The van der Waals surface area contributed by atoms with Crippen LogP contribution < -0.4 is 5.32 Å². The third kappa shape index (κ3) is 7.67. The van der Waals surface area contributed by atoms with Gasteiger partial charge in [0, 0.05) is 32.2 Å². The molecule has 8 heteroatoms. The van der Waals surface area contributed by atoms with E-state index in [1.165, 1.54) is 0 Å². The van der Waals surface area contributed by atoms with Crippen molar-refractivity contribution < 1.29 is 8.42 Å². The predicted molar refractivity (Wildman–Crippen MR) is 123 cm³/mol. The fourth-order valence-corrected chi connectivity index (χ4v) is 3.99. The average Bonchev–Trinajstić information content (AvgIpc) is 2.64. The first kappa shape index (κ1) is 23.7. The molecule has 27 heavy (non-hydrogen) atoms. The third-order valence-electron chi connectivity index (χ3n) is 3.88. The lowest BCUT2D eigenvalue weighted by Crippen LogP contribution is -2.39. The first-order chi connectivity index (χ1) is 12.4. The highest BCUT2D eigenvalue weighted by molar-refractivity contribution is 14.0. The van der Waals surface area contributed by atoms with Crippen LogP contribution in [0.4, 0.5) is 0 Å².